The maximum Gasteiger partial charge on any atom is 0.360 e. The molecule has 2 aromatic heterocycles. The van der Waals surface area contributed by atoms with Crippen LogP contribution in [0.25, 0.3) is 11.6 Å². The van der Waals surface area contributed by atoms with Crippen molar-refractivity contribution in [3.05, 3.63) is 82.8 Å². The highest BCUT2D eigenvalue weighted by molar-refractivity contribution is 5.90. The van der Waals surface area contributed by atoms with E-state index in [1.54, 1.807) is 13.8 Å². The van der Waals surface area contributed by atoms with Crippen LogP contribution in [0.5, 0.6) is 5.75 Å². The van der Waals surface area contributed by atoms with Crippen LogP contribution in [-0.2, 0) is 26.2 Å². The normalized spacial score (nSPS) is 24.5. The van der Waals surface area contributed by atoms with Crippen molar-refractivity contribution in [1.29, 1.82) is 0 Å². The van der Waals surface area contributed by atoms with Crippen LogP contribution in [0.3, 0.4) is 0 Å². The van der Waals surface area contributed by atoms with E-state index >= 15 is 0 Å². The number of aliphatic hydroxyl groups is 1. The summed E-state index contributed by atoms with van der Waals surface area (Å²) in [5, 5.41) is 20.2. The maximum atomic E-state index is 14.3. The Hall–Kier alpha value is -5.17. The summed E-state index contributed by atoms with van der Waals surface area (Å²) >= 11 is 0. The zero-order valence-electron chi connectivity index (χ0n) is 28.0. The maximum absolute atomic E-state index is 14.3. The van der Waals surface area contributed by atoms with E-state index in [0.717, 1.165) is 54.5 Å². The van der Waals surface area contributed by atoms with Crippen LogP contribution in [-0.4, -0.2) is 58.3 Å². The second-order valence-electron chi connectivity index (χ2n) is 13.9. The molecule has 1 aliphatic carbocycles. The summed E-state index contributed by atoms with van der Waals surface area (Å²) in [6, 6.07) is 11.9. The molecule has 8 rings (SSSR count). The number of benzene rings is 2. The molecule has 4 bridgehead atoms. The Morgan fingerprint density at radius 1 is 1.06 bits per heavy atom. The number of esters is 1. The molecule has 260 valence electrons. The molecule has 5 atom stereocenters. The molecule has 0 saturated heterocycles. The standard InChI is InChI=1S/C37H39N5O8/c1-18(2)29(43)32(45)38-24-16-19-13-14-26-22(15-19)37(21-11-7-8-12-23(21)40-36(37)49-26)30-28(33-39-25(17-48-33)35(46)47-3)42-34(50-30)27(41-31(24)44)20-9-5-4-6-10-20/h7-8,11-15,17-18,20,24,27,29,36,40,43H,4-6,9-10,16H2,1-3H3,(H,38,45)(H,41,44)/t24?,27?,29-,36?,37-/m0/s1. The molecular formula is C37H39N5O8. The van der Waals surface area contributed by atoms with Gasteiger partial charge in [0.25, 0.3) is 0 Å². The summed E-state index contributed by atoms with van der Waals surface area (Å²) < 4.78 is 24.4. The zero-order valence-corrected chi connectivity index (χ0v) is 28.0. The average molecular weight is 682 g/mol. The van der Waals surface area contributed by atoms with Crippen LogP contribution in [0.1, 0.15) is 90.8 Å². The van der Waals surface area contributed by atoms with Gasteiger partial charge in [-0.2, -0.15) is 0 Å². The quantitative estimate of drug-likeness (QED) is 0.212. The molecule has 0 radical (unpaired) electrons. The van der Waals surface area contributed by atoms with Gasteiger partial charge in [0.05, 0.1) is 7.11 Å². The Morgan fingerprint density at radius 2 is 1.86 bits per heavy atom. The molecule has 13 nitrogen and oxygen atoms in total. The molecule has 50 heavy (non-hydrogen) atoms. The van der Waals surface area contributed by atoms with Crippen molar-refractivity contribution in [3.63, 3.8) is 0 Å². The van der Waals surface area contributed by atoms with E-state index in [2.05, 4.69) is 20.9 Å². The number of amides is 2. The minimum atomic E-state index is -1.29. The molecule has 3 unspecified atom stereocenters. The van der Waals surface area contributed by atoms with Crippen molar-refractivity contribution in [2.45, 2.75) is 82.2 Å². The molecule has 5 heterocycles. The van der Waals surface area contributed by atoms with Gasteiger partial charge >= 0.3 is 5.97 Å². The van der Waals surface area contributed by atoms with Crippen LogP contribution < -0.4 is 20.7 Å². The topological polar surface area (TPSA) is 178 Å². The van der Waals surface area contributed by atoms with Gasteiger partial charge in [-0.05, 0) is 47.9 Å². The lowest BCUT2D eigenvalue weighted by atomic mass is 9.72. The Balaban J connectivity index is 1.37. The number of hydrogen-bond acceptors (Lipinski definition) is 11. The minimum absolute atomic E-state index is 0.0155. The van der Waals surface area contributed by atoms with E-state index in [4.69, 9.17) is 23.3 Å². The Morgan fingerprint density at radius 3 is 2.64 bits per heavy atom. The predicted molar refractivity (Wildman–Crippen MR) is 178 cm³/mol. The summed E-state index contributed by atoms with van der Waals surface area (Å²) in [6.07, 6.45) is 4.14. The van der Waals surface area contributed by atoms with Crippen molar-refractivity contribution < 1.29 is 37.8 Å². The van der Waals surface area contributed by atoms with Crippen LogP contribution in [0.15, 0.2) is 57.6 Å². The molecule has 4 aliphatic rings. The number of aromatic nitrogens is 2. The first-order valence-corrected chi connectivity index (χ1v) is 17.2. The lowest BCUT2D eigenvalue weighted by Crippen LogP contribution is -2.53. The predicted octanol–water partition coefficient (Wildman–Crippen LogP) is 4.39. The van der Waals surface area contributed by atoms with Gasteiger partial charge in [-0.1, -0.05) is 63.4 Å². The van der Waals surface area contributed by atoms with E-state index in [9.17, 15) is 19.5 Å². The third-order valence-corrected chi connectivity index (χ3v) is 10.5. The van der Waals surface area contributed by atoms with Crippen molar-refractivity contribution in [2.75, 3.05) is 12.4 Å². The van der Waals surface area contributed by atoms with Crippen molar-refractivity contribution >= 4 is 23.5 Å². The van der Waals surface area contributed by atoms with Gasteiger partial charge in [0, 0.05) is 17.7 Å². The van der Waals surface area contributed by atoms with Crippen molar-refractivity contribution in [2.24, 2.45) is 11.8 Å². The number of aliphatic hydroxyl groups excluding tert-OH is 1. The number of hydrogen-bond donors (Lipinski definition) is 4. The van der Waals surface area contributed by atoms with Gasteiger partial charge in [-0.25, -0.2) is 14.8 Å². The van der Waals surface area contributed by atoms with Gasteiger partial charge in [0.1, 0.15) is 35.6 Å². The molecule has 1 spiro atoms. The number of nitrogens with zero attached hydrogens (tertiary/aromatic N) is 2. The molecule has 13 heteroatoms. The number of rotatable bonds is 6. The molecule has 4 N–H and O–H groups in total. The molecule has 2 amide bonds. The highest BCUT2D eigenvalue weighted by Gasteiger charge is 2.61. The van der Waals surface area contributed by atoms with E-state index in [1.165, 1.54) is 13.4 Å². The lowest BCUT2D eigenvalue weighted by Gasteiger charge is -2.31. The van der Waals surface area contributed by atoms with Gasteiger partial charge in [-0.3, -0.25) is 9.59 Å². The van der Waals surface area contributed by atoms with Gasteiger partial charge in [-0.15, -0.1) is 0 Å². The number of oxazole rings is 2. The van der Waals surface area contributed by atoms with E-state index in [-0.39, 0.29) is 41.4 Å². The van der Waals surface area contributed by atoms with Gasteiger partial charge < -0.3 is 39.4 Å². The highest BCUT2D eigenvalue weighted by Crippen LogP contribution is 2.59. The van der Waals surface area contributed by atoms with Gasteiger partial charge in [0.2, 0.25) is 23.6 Å². The second kappa shape index (κ2) is 12.3. The number of carbonyl (C=O) groups is 3. The third kappa shape index (κ3) is 5.05. The number of methoxy groups -OCH3 is 1. The smallest absolute Gasteiger partial charge is 0.360 e. The van der Waals surface area contributed by atoms with E-state index in [0.29, 0.717) is 11.5 Å². The molecular weight excluding hydrogens is 642 g/mol. The monoisotopic (exact) mass is 681 g/mol. The van der Waals surface area contributed by atoms with Crippen LogP contribution >= 0.6 is 0 Å². The zero-order chi connectivity index (χ0) is 34.7. The van der Waals surface area contributed by atoms with Crippen molar-refractivity contribution in [3.8, 4) is 17.3 Å². The largest absolute Gasteiger partial charge is 0.469 e. The lowest BCUT2D eigenvalue weighted by molar-refractivity contribution is -0.136. The van der Waals surface area contributed by atoms with Crippen LogP contribution in [0, 0.1) is 11.8 Å². The Labute approximate surface area is 288 Å². The fourth-order valence-electron chi connectivity index (χ4n) is 7.92. The van der Waals surface area contributed by atoms with Gasteiger partial charge in [0.15, 0.2) is 23.4 Å². The average Bonchev–Trinajstić information content (AvgIpc) is 3.91. The number of nitrogens with one attached hydrogen (secondary N) is 3. The number of fused-ring (bicyclic) bond motifs is 4. The molecule has 3 aliphatic heterocycles. The number of para-hydroxylation sites is 1. The first-order chi connectivity index (χ1) is 24.2. The fraction of sp³-hybridized carbons (Fsp3) is 0.432. The second-order valence-corrected chi connectivity index (χ2v) is 13.9. The first-order valence-electron chi connectivity index (χ1n) is 17.2. The minimum Gasteiger partial charge on any atom is -0.469 e. The molecule has 1 saturated carbocycles. The van der Waals surface area contributed by atoms with Crippen LogP contribution in [0.2, 0.25) is 0 Å². The summed E-state index contributed by atoms with van der Waals surface area (Å²) in [5.74, 6) is -0.770. The van der Waals surface area contributed by atoms with Crippen LogP contribution in [0.4, 0.5) is 5.69 Å². The first kappa shape index (κ1) is 32.1. The SMILES string of the molecule is COC(=O)c1coc(-c2nc3oc2[C@@]24c5ccccc5NC2Oc2ccc(cc24)CC(NC(=O)[C@@H](O)C(C)C)C(=O)NC3C2CCCCC2)n1. The number of carbonyl (C=O) groups excluding carboxylic acids is 3. The third-order valence-electron chi connectivity index (χ3n) is 10.5. The highest BCUT2D eigenvalue weighted by atomic mass is 16.5. The summed E-state index contributed by atoms with van der Waals surface area (Å²) in [7, 11) is 1.27. The molecule has 4 aromatic rings. The molecule has 1 fully saturated rings. The molecule has 2 aromatic carbocycles. The summed E-state index contributed by atoms with van der Waals surface area (Å²) in [6.45, 7) is 3.49. The summed E-state index contributed by atoms with van der Waals surface area (Å²) in [4.78, 5) is 49.5. The number of anilines is 1. The summed E-state index contributed by atoms with van der Waals surface area (Å²) in [5.41, 5.74) is 2.40. The van der Waals surface area contributed by atoms with E-state index in [1.807, 2.05) is 42.5 Å². The van der Waals surface area contributed by atoms with Crippen molar-refractivity contribution in [1.82, 2.24) is 20.6 Å². The fourth-order valence-corrected chi connectivity index (χ4v) is 7.92. The number of ether oxygens (including phenoxy) is 2. The Bertz CT molecular complexity index is 1980. The Kier molecular flexibility index (Phi) is 7.89. The van der Waals surface area contributed by atoms with E-state index < -0.39 is 47.6 Å².